The molecule has 0 aliphatic heterocycles. The van der Waals surface area contributed by atoms with Gasteiger partial charge >= 0.3 is 0 Å². The van der Waals surface area contributed by atoms with Crippen molar-refractivity contribution >= 4 is 15.9 Å². The smallest absolute Gasteiger partial charge is 0.117 e. The van der Waals surface area contributed by atoms with Crippen LogP contribution < -0.4 is 0 Å². The minimum atomic E-state index is 0.334. The average Bonchev–Trinajstić information content (AvgIpc) is 2.64. The summed E-state index contributed by atoms with van der Waals surface area (Å²) in [6, 6.07) is 3.96. The van der Waals surface area contributed by atoms with E-state index in [-0.39, 0.29) is 0 Å². The van der Waals surface area contributed by atoms with Crippen molar-refractivity contribution in [1.29, 1.82) is 0 Å². The Kier molecular flexibility index (Phi) is 5.06. The van der Waals surface area contributed by atoms with Crippen molar-refractivity contribution < 1.29 is 4.42 Å². The topological polar surface area (TPSA) is 16.4 Å². The van der Waals surface area contributed by atoms with E-state index in [2.05, 4.69) is 48.6 Å². The van der Waals surface area contributed by atoms with E-state index in [1.165, 1.54) is 0 Å². The summed E-state index contributed by atoms with van der Waals surface area (Å²) in [6.45, 7) is 8.83. The van der Waals surface area contributed by atoms with Crippen LogP contribution in [0.4, 0.5) is 0 Å². The molecule has 0 saturated heterocycles. The molecule has 0 aliphatic carbocycles. The molecule has 0 saturated carbocycles. The molecule has 0 spiro atoms. The molecule has 16 heavy (non-hydrogen) atoms. The number of rotatable bonds is 5. The summed E-state index contributed by atoms with van der Waals surface area (Å²) in [4.78, 5) is 2.32. The molecule has 0 fully saturated rings. The molecule has 1 aromatic heterocycles. The molecular formula is C13H22BrNO. The van der Waals surface area contributed by atoms with Crippen molar-refractivity contribution in [2.24, 2.45) is 11.3 Å². The van der Waals surface area contributed by atoms with Crippen LogP contribution in [0.15, 0.2) is 22.8 Å². The van der Waals surface area contributed by atoms with Crippen LogP contribution in [0.1, 0.15) is 26.5 Å². The number of hydrogen-bond donors (Lipinski definition) is 0. The number of alkyl halides is 1. The van der Waals surface area contributed by atoms with Crippen LogP contribution in [-0.2, 0) is 6.54 Å². The molecule has 1 heterocycles. The molecule has 0 aromatic carbocycles. The predicted octanol–water partition coefficient (Wildman–Crippen LogP) is 3.77. The van der Waals surface area contributed by atoms with Crippen LogP contribution in [0.2, 0.25) is 0 Å². The van der Waals surface area contributed by atoms with Gasteiger partial charge in [0, 0.05) is 11.9 Å². The maximum Gasteiger partial charge on any atom is 0.117 e. The Morgan fingerprint density at radius 1 is 1.44 bits per heavy atom. The predicted molar refractivity (Wildman–Crippen MR) is 71.8 cm³/mol. The molecule has 2 nitrogen and oxygen atoms in total. The van der Waals surface area contributed by atoms with Crippen molar-refractivity contribution in [2.45, 2.75) is 27.3 Å². The van der Waals surface area contributed by atoms with Gasteiger partial charge in [-0.15, -0.1) is 0 Å². The van der Waals surface area contributed by atoms with E-state index in [1.807, 2.05) is 12.1 Å². The molecule has 3 heteroatoms. The molecule has 0 radical (unpaired) electrons. The zero-order valence-corrected chi connectivity index (χ0v) is 12.3. The molecule has 1 unspecified atom stereocenters. The fraction of sp³-hybridized carbons (Fsp3) is 0.692. The number of furan rings is 1. The lowest BCUT2D eigenvalue weighted by atomic mass is 9.82. The van der Waals surface area contributed by atoms with E-state index in [4.69, 9.17) is 4.42 Å². The molecule has 0 bridgehead atoms. The van der Waals surface area contributed by atoms with Crippen LogP contribution in [0.3, 0.4) is 0 Å². The van der Waals surface area contributed by atoms with E-state index < -0.39 is 0 Å². The Hall–Kier alpha value is -0.280. The van der Waals surface area contributed by atoms with Gasteiger partial charge in [-0.1, -0.05) is 36.7 Å². The number of nitrogens with zero attached hydrogens (tertiary/aromatic N) is 1. The molecule has 0 N–H and O–H groups in total. The minimum Gasteiger partial charge on any atom is -0.468 e. The van der Waals surface area contributed by atoms with Gasteiger partial charge in [-0.2, -0.15) is 0 Å². The lowest BCUT2D eigenvalue weighted by Gasteiger charge is -2.32. The van der Waals surface area contributed by atoms with Gasteiger partial charge in [0.05, 0.1) is 12.8 Å². The standard InChI is InChI=1S/C13H22BrNO/c1-13(2,3)11(8-14)9-15(4)10-12-6-5-7-16-12/h5-7,11H,8-10H2,1-4H3. The summed E-state index contributed by atoms with van der Waals surface area (Å²) in [7, 11) is 2.14. The second kappa shape index (κ2) is 5.87. The zero-order valence-electron chi connectivity index (χ0n) is 10.7. The van der Waals surface area contributed by atoms with Gasteiger partial charge in [-0.05, 0) is 30.5 Å². The highest BCUT2D eigenvalue weighted by molar-refractivity contribution is 9.09. The Morgan fingerprint density at radius 3 is 2.56 bits per heavy atom. The van der Waals surface area contributed by atoms with Gasteiger partial charge in [0.25, 0.3) is 0 Å². The Bertz CT molecular complexity index is 289. The second-order valence-corrected chi connectivity index (χ2v) is 6.14. The van der Waals surface area contributed by atoms with Crippen LogP contribution in [0, 0.1) is 11.3 Å². The van der Waals surface area contributed by atoms with E-state index >= 15 is 0 Å². The Balaban J connectivity index is 2.46. The Labute approximate surface area is 107 Å². The molecule has 0 aliphatic rings. The lowest BCUT2D eigenvalue weighted by Crippen LogP contribution is -2.34. The van der Waals surface area contributed by atoms with Crippen molar-refractivity contribution in [3.63, 3.8) is 0 Å². The van der Waals surface area contributed by atoms with E-state index in [0.717, 1.165) is 24.2 Å². The summed E-state index contributed by atoms with van der Waals surface area (Å²) in [5, 5.41) is 1.04. The molecule has 1 aromatic rings. The Morgan fingerprint density at radius 2 is 2.12 bits per heavy atom. The van der Waals surface area contributed by atoms with Gasteiger partial charge in [0.1, 0.15) is 5.76 Å². The highest BCUT2D eigenvalue weighted by Gasteiger charge is 2.24. The fourth-order valence-electron chi connectivity index (χ4n) is 1.66. The van der Waals surface area contributed by atoms with Crippen LogP contribution in [0.25, 0.3) is 0 Å². The molecule has 0 amide bonds. The first-order valence-electron chi connectivity index (χ1n) is 5.70. The highest BCUT2D eigenvalue weighted by Crippen LogP contribution is 2.28. The fourth-order valence-corrected chi connectivity index (χ4v) is 2.84. The monoisotopic (exact) mass is 287 g/mol. The van der Waals surface area contributed by atoms with Gasteiger partial charge in [0.2, 0.25) is 0 Å². The van der Waals surface area contributed by atoms with Crippen molar-refractivity contribution in [1.82, 2.24) is 4.90 Å². The third-order valence-electron chi connectivity index (χ3n) is 2.95. The number of halogens is 1. The van der Waals surface area contributed by atoms with Crippen LogP contribution in [-0.4, -0.2) is 23.8 Å². The summed E-state index contributed by atoms with van der Waals surface area (Å²) < 4.78 is 5.35. The first-order chi connectivity index (χ1) is 7.43. The van der Waals surface area contributed by atoms with Gasteiger partial charge < -0.3 is 4.42 Å². The van der Waals surface area contributed by atoms with E-state index in [9.17, 15) is 0 Å². The van der Waals surface area contributed by atoms with Crippen LogP contribution >= 0.6 is 15.9 Å². The first-order valence-corrected chi connectivity index (χ1v) is 6.82. The third kappa shape index (κ3) is 4.30. The molecular weight excluding hydrogens is 266 g/mol. The van der Waals surface area contributed by atoms with Crippen molar-refractivity contribution in [3.05, 3.63) is 24.2 Å². The number of hydrogen-bond acceptors (Lipinski definition) is 2. The molecule has 1 atom stereocenters. The largest absolute Gasteiger partial charge is 0.468 e. The normalized spacial score (nSPS) is 14.4. The summed E-state index contributed by atoms with van der Waals surface area (Å²) in [5.41, 5.74) is 0.334. The highest BCUT2D eigenvalue weighted by atomic mass is 79.9. The maximum atomic E-state index is 5.35. The molecule has 1 rings (SSSR count). The quantitative estimate of drug-likeness (QED) is 0.767. The maximum absolute atomic E-state index is 5.35. The summed E-state index contributed by atoms with van der Waals surface area (Å²) in [6.07, 6.45) is 1.73. The minimum absolute atomic E-state index is 0.334. The average molecular weight is 288 g/mol. The van der Waals surface area contributed by atoms with Crippen molar-refractivity contribution in [3.8, 4) is 0 Å². The summed E-state index contributed by atoms with van der Waals surface area (Å²) in [5.74, 6) is 1.68. The first kappa shape index (κ1) is 13.8. The van der Waals surface area contributed by atoms with Gasteiger partial charge in [0.15, 0.2) is 0 Å². The summed E-state index contributed by atoms with van der Waals surface area (Å²) >= 11 is 3.61. The van der Waals surface area contributed by atoms with Crippen LogP contribution in [0.5, 0.6) is 0 Å². The van der Waals surface area contributed by atoms with Gasteiger partial charge in [-0.3, -0.25) is 4.90 Å². The third-order valence-corrected chi connectivity index (χ3v) is 3.73. The second-order valence-electron chi connectivity index (χ2n) is 5.49. The zero-order chi connectivity index (χ0) is 12.2. The lowest BCUT2D eigenvalue weighted by molar-refractivity contribution is 0.176. The van der Waals surface area contributed by atoms with E-state index in [1.54, 1.807) is 6.26 Å². The van der Waals surface area contributed by atoms with Gasteiger partial charge in [-0.25, -0.2) is 0 Å². The van der Waals surface area contributed by atoms with Crippen molar-refractivity contribution in [2.75, 3.05) is 18.9 Å². The molecule has 92 valence electrons. The SMILES string of the molecule is CN(Cc1ccco1)CC(CBr)C(C)(C)C. The van der Waals surface area contributed by atoms with E-state index in [0.29, 0.717) is 11.3 Å².